The molecule has 1 heterocycles. The van der Waals surface area contributed by atoms with Crippen molar-refractivity contribution in [1.29, 1.82) is 0 Å². The second kappa shape index (κ2) is 7.09. The second-order valence-corrected chi connectivity index (χ2v) is 5.19. The molecule has 0 amide bonds. The van der Waals surface area contributed by atoms with Crippen LogP contribution in [0.2, 0.25) is 0 Å². The first-order valence-electron chi connectivity index (χ1n) is 7.06. The van der Waals surface area contributed by atoms with Crippen LogP contribution in [0.4, 0.5) is 0 Å². The summed E-state index contributed by atoms with van der Waals surface area (Å²) in [5, 5.41) is 0. The number of aromatic nitrogens is 1. The van der Waals surface area contributed by atoms with Gasteiger partial charge in [0.05, 0.1) is 12.8 Å². The Morgan fingerprint density at radius 1 is 1.24 bits per heavy atom. The summed E-state index contributed by atoms with van der Waals surface area (Å²) in [6.07, 6.45) is 2.52. The third-order valence-corrected chi connectivity index (χ3v) is 3.29. The van der Waals surface area contributed by atoms with Gasteiger partial charge in [-0.25, -0.2) is 0 Å². The predicted octanol–water partition coefficient (Wildman–Crippen LogP) is 2.87. The first-order chi connectivity index (χ1) is 10.1. The Morgan fingerprint density at radius 3 is 2.71 bits per heavy atom. The van der Waals surface area contributed by atoms with Crippen LogP contribution in [0.1, 0.15) is 23.7 Å². The molecule has 1 unspecified atom stereocenters. The molecule has 1 aromatic carbocycles. The van der Waals surface area contributed by atoms with Crippen molar-refractivity contribution in [2.45, 2.75) is 32.9 Å². The van der Waals surface area contributed by atoms with Gasteiger partial charge in [-0.3, -0.25) is 4.98 Å². The minimum atomic E-state index is 0.0658. The molecule has 4 heteroatoms. The number of methoxy groups -OCH3 is 1. The van der Waals surface area contributed by atoms with Gasteiger partial charge in [0.2, 0.25) is 0 Å². The highest BCUT2D eigenvalue weighted by atomic mass is 16.5. The molecule has 1 atom stereocenters. The molecule has 4 nitrogen and oxygen atoms in total. The van der Waals surface area contributed by atoms with Crippen LogP contribution in [0.5, 0.6) is 11.5 Å². The van der Waals surface area contributed by atoms with Gasteiger partial charge in [-0.05, 0) is 43.5 Å². The molecule has 0 fully saturated rings. The number of hydrogen-bond acceptors (Lipinski definition) is 4. The Bertz CT molecular complexity index is 597. The van der Waals surface area contributed by atoms with E-state index in [2.05, 4.69) is 4.98 Å². The SMILES string of the molecule is COc1cccc(CC(C)N)c1OCc1ncccc1C. The van der Waals surface area contributed by atoms with Gasteiger partial charge in [0, 0.05) is 12.2 Å². The van der Waals surface area contributed by atoms with Gasteiger partial charge >= 0.3 is 0 Å². The summed E-state index contributed by atoms with van der Waals surface area (Å²) in [7, 11) is 1.64. The molecule has 1 aromatic heterocycles. The summed E-state index contributed by atoms with van der Waals surface area (Å²) in [5.74, 6) is 1.48. The highest BCUT2D eigenvalue weighted by Gasteiger charge is 2.13. The van der Waals surface area contributed by atoms with E-state index in [1.807, 2.05) is 44.2 Å². The highest BCUT2D eigenvalue weighted by molar-refractivity contribution is 5.47. The quantitative estimate of drug-likeness (QED) is 0.887. The van der Waals surface area contributed by atoms with Crippen LogP contribution in [0, 0.1) is 6.92 Å². The Kier molecular flexibility index (Phi) is 5.17. The van der Waals surface area contributed by atoms with Gasteiger partial charge in [0.1, 0.15) is 6.61 Å². The Hall–Kier alpha value is -2.07. The summed E-state index contributed by atoms with van der Waals surface area (Å²) in [6, 6.07) is 9.88. The maximum absolute atomic E-state index is 5.98. The van der Waals surface area contributed by atoms with Gasteiger partial charge < -0.3 is 15.2 Å². The van der Waals surface area contributed by atoms with E-state index in [0.29, 0.717) is 6.61 Å². The molecule has 0 radical (unpaired) electrons. The molecule has 2 aromatic rings. The summed E-state index contributed by atoms with van der Waals surface area (Å²) < 4.78 is 11.4. The van der Waals surface area contributed by atoms with Crippen LogP contribution in [0.3, 0.4) is 0 Å². The van der Waals surface area contributed by atoms with Crippen molar-refractivity contribution in [2.24, 2.45) is 5.73 Å². The fourth-order valence-electron chi connectivity index (χ4n) is 2.20. The molecule has 0 spiro atoms. The lowest BCUT2D eigenvalue weighted by Crippen LogP contribution is -2.18. The van der Waals surface area contributed by atoms with E-state index < -0.39 is 0 Å². The number of para-hydroxylation sites is 1. The number of ether oxygens (including phenoxy) is 2. The number of benzene rings is 1. The monoisotopic (exact) mass is 286 g/mol. The largest absolute Gasteiger partial charge is 0.493 e. The first kappa shape index (κ1) is 15.3. The van der Waals surface area contributed by atoms with Crippen molar-refractivity contribution >= 4 is 0 Å². The van der Waals surface area contributed by atoms with Crippen LogP contribution in [0.15, 0.2) is 36.5 Å². The fourth-order valence-corrected chi connectivity index (χ4v) is 2.20. The summed E-state index contributed by atoms with van der Waals surface area (Å²) in [5.41, 5.74) is 9.00. The van der Waals surface area contributed by atoms with E-state index >= 15 is 0 Å². The van der Waals surface area contributed by atoms with Gasteiger partial charge in [-0.2, -0.15) is 0 Å². The molecule has 0 bridgehead atoms. The van der Waals surface area contributed by atoms with Crippen LogP contribution >= 0.6 is 0 Å². The fraction of sp³-hybridized carbons (Fsp3) is 0.353. The Morgan fingerprint density at radius 2 is 2.05 bits per heavy atom. The minimum Gasteiger partial charge on any atom is -0.493 e. The number of aryl methyl sites for hydroxylation is 1. The van der Waals surface area contributed by atoms with Gasteiger partial charge in [-0.1, -0.05) is 18.2 Å². The molecule has 0 saturated heterocycles. The second-order valence-electron chi connectivity index (χ2n) is 5.19. The molecule has 21 heavy (non-hydrogen) atoms. The zero-order valence-corrected chi connectivity index (χ0v) is 12.8. The van der Waals surface area contributed by atoms with Crippen molar-refractivity contribution in [3.63, 3.8) is 0 Å². The van der Waals surface area contributed by atoms with Crippen molar-refractivity contribution < 1.29 is 9.47 Å². The lowest BCUT2D eigenvalue weighted by molar-refractivity contribution is 0.276. The molecular formula is C17H22N2O2. The number of pyridine rings is 1. The maximum atomic E-state index is 5.98. The van der Waals surface area contributed by atoms with Crippen molar-refractivity contribution in [2.75, 3.05) is 7.11 Å². The Labute approximate surface area is 125 Å². The zero-order chi connectivity index (χ0) is 15.2. The standard InChI is InChI=1S/C17H22N2O2/c1-12-6-5-9-19-15(12)11-21-17-14(10-13(2)18)7-4-8-16(17)20-3/h4-9,13H,10-11,18H2,1-3H3. The van der Waals surface area contributed by atoms with Gasteiger partial charge in [0.25, 0.3) is 0 Å². The summed E-state index contributed by atoms with van der Waals surface area (Å²) in [4.78, 5) is 4.35. The highest BCUT2D eigenvalue weighted by Crippen LogP contribution is 2.32. The molecule has 2 N–H and O–H groups in total. The van der Waals surface area contributed by atoms with E-state index in [9.17, 15) is 0 Å². The first-order valence-corrected chi connectivity index (χ1v) is 7.06. The number of hydrogen-bond donors (Lipinski definition) is 1. The Balaban J connectivity index is 2.23. The van der Waals surface area contributed by atoms with Crippen LogP contribution in [-0.4, -0.2) is 18.1 Å². The predicted molar refractivity (Wildman–Crippen MR) is 83.7 cm³/mol. The third kappa shape index (κ3) is 3.95. The smallest absolute Gasteiger partial charge is 0.164 e. The van der Waals surface area contributed by atoms with E-state index in [1.54, 1.807) is 13.3 Å². The summed E-state index contributed by atoms with van der Waals surface area (Å²) >= 11 is 0. The molecular weight excluding hydrogens is 264 g/mol. The van der Waals surface area contributed by atoms with Gasteiger partial charge in [-0.15, -0.1) is 0 Å². The van der Waals surface area contributed by atoms with E-state index in [0.717, 1.165) is 34.7 Å². The lowest BCUT2D eigenvalue weighted by Gasteiger charge is -2.16. The molecule has 0 aliphatic rings. The molecule has 0 aliphatic heterocycles. The van der Waals surface area contributed by atoms with E-state index in [4.69, 9.17) is 15.2 Å². The lowest BCUT2D eigenvalue weighted by atomic mass is 10.1. The molecule has 0 aliphatic carbocycles. The number of rotatable bonds is 6. The van der Waals surface area contributed by atoms with E-state index in [1.165, 1.54) is 0 Å². The van der Waals surface area contributed by atoms with Crippen LogP contribution in [0.25, 0.3) is 0 Å². The van der Waals surface area contributed by atoms with E-state index in [-0.39, 0.29) is 6.04 Å². The number of nitrogens with zero attached hydrogens (tertiary/aromatic N) is 1. The maximum Gasteiger partial charge on any atom is 0.164 e. The normalized spacial score (nSPS) is 12.0. The number of nitrogens with two attached hydrogens (primary N) is 1. The van der Waals surface area contributed by atoms with Crippen LogP contribution < -0.4 is 15.2 Å². The zero-order valence-electron chi connectivity index (χ0n) is 12.8. The van der Waals surface area contributed by atoms with Gasteiger partial charge in [0.15, 0.2) is 11.5 Å². The topological polar surface area (TPSA) is 57.4 Å². The van der Waals surface area contributed by atoms with Crippen molar-refractivity contribution in [3.8, 4) is 11.5 Å². The summed E-state index contributed by atoms with van der Waals surface area (Å²) in [6.45, 7) is 4.42. The minimum absolute atomic E-state index is 0.0658. The third-order valence-electron chi connectivity index (χ3n) is 3.29. The molecule has 112 valence electrons. The average molecular weight is 286 g/mol. The molecule has 2 rings (SSSR count). The molecule has 0 saturated carbocycles. The average Bonchev–Trinajstić information content (AvgIpc) is 2.46. The van der Waals surface area contributed by atoms with Crippen molar-refractivity contribution in [1.82, 2.24) is 4.98 Å². The van der Waals surface area contributed by atoms with Crippen molar-refractivity contribution in [3.05, 3.63) is 53.3 Å². The van der Waals surface area contributed by atoms with Crippen LogP contribution in [-0.2, 0) is 13.0 Å².